The molecular formula is C12H22N4O3S. The molecule has 0 radical (unpaired) electrons. The van der Waals surface area contributed by atoms with E-state index in [0.29, 0.717) is 13.1 Å². The molecule has 0 bridgehead atoms. The average molecular weight is 302 g/mol. The molecule has 1 rings (SSSR count). The number of nitrogens with two attached hydrogens (primary N) is 1. The van der Waals surface area contributed by atoms with Crippen molar-refractivity contribution in [1.29, 1.82) is 0 Å². The molecule has 0 aliphatic carbocycles. The monoisotopic (exact) mass is 302 g/mol. The fourth-order valence-electron chi connectivity index (χ4n) is 1.76. The van der Waals surface area contributed by atoms with Crippen LogP contribution in [0.15, 0.2) is 0 Å². The van der Waals surface area contributed by atoms with Crippen LogP contribution in [0.1, 0.15) is 26.7 Å². The van der Waals surface area contributed by atoms with E-state index in [4.69, 9.17) is 5.73 Å². The van der Waals surface area contributed by atoms with E-state index in [1.54, 1.807) is 0 Å². The number of likely N-dealkylation sites (tertiary alicyclic amines) is 1. The largest absolute Gasteiger partial charge is 0.356 e. The minimum atomic E-state index is -0.421. The van der Waals surface area contributed by atoms with Gasteiger partial charge in [0.25, 0.3) is 0 Å². The van der Waals surface area contributed by atoms with Gasteiger partial charge in [-0.25, -0.2) is 0 Å². The lowest BCUT2D eigenvalue weighted by Gasteiger charge is -2.15. The predicted molar refractivity (Wildman–Crippen MR) is 77.7 cm³/mol. The van der Waals surface area contributed by atoms with Crippen LogP contribution in [0.4, 0.5) is 0 Å². The van der Waals surface area contributed by atoms with Gasteiger partial charge in [-0.2, -0.15) is 0 Å². The molecule has 8 heteroatoms. The third-order valence-electron chi connectivity index (χ3n) is 2.77. The van der Waals surface area contributed by atoms with Crippen molar-refractivity contribution >= 4 is 29.7 Å². The highest BCUT2D eigenvalue weighted by atomic mass is 32.2. The van der Waals surface area contributed by atoms with Gasteiger partial charge in [0, 0.05) is 38.5 Å². The van der Waals surface area contributed by atoms with E-state index < -0.39 is 5.25 Å². The van der Waals surface area contributed by atoms with E-state index in [1.807, 2.05) is 13.8 Å². The van der Waals surface area contributed by atoms with Gasteiger partial charge in [0.1, 0.15) is 5.25 Å². The van der Waals surface area contributed by atoms with E-state index in [-0.39, 0.29) is 43.1 Å². The van der Waals surface area contributed by atoms with Crippen molar-refractivity contribution < 1.29 is 14.4 Å². The Kier molecular flexibility index (Phi) is 6.97. The molecule has 0 aromatic rings. The molecule has 2 unspecified atom stereocenters. The maximum atomic E-state index is 12.0. The average Bonchev–Trinajstić information content (AvgIpc) is 2.62. The number of hydrogen-bond donors (Lipinski definition) is 3. The molecule has 1 fully saturated rings. The maximum absolute atomic E-state index is 12.0. The molecule has 0 saturated carbocycles. The van der Waals surface area contributed by atoms with Crippen molar-refractivity contribution in [2.45, 2.75) is 38.0 Å². The molecule has 3 amide bonds. The smallest absolute Gasteiger partial charge is 0.244 e. The molecular weight excluding hydrogens is 280 g/mol. The number of carbonyl (C=O) groups excluding carboxylic acids is 3. The van der Waals surface area contributed by atoms with E-state index in [1.165, 1.54) is 16.8 Å². The molecule has 1 aliphatic heterocycles. The predicted octanol–water partition coefficient (Wildman–Crippen LogP) is -0.775. The van der Waals surface area contributed by atoms with Gasteiger partial charge < -0.3 is 11.1 Å². The third-order valence-corrected chi connectivity index (χ3v) is 3.76. The number of carbonyl (C=O) groups is 3. The summed E-state index contributed by atoms with van der Waals surface area (Å²) in [5.74, 6) is -0.611. The zero-order valence-corrected chi connectivity index (χ0v) is 12.7. The Hall–Kier alpha value is -1.12. The molecule has 114 valence electrons. The van der Waals surface area contributed by atoms with Crippen LogP contribution < -0.4 is 15.8 Å². The van der Waals surface area contributed by atoms with E-state index in [0.717, 1.165) is 0 Å². The molecule has 4 N–H and O–H groups in total. The van der Waals surface area contributed by atoms with Gasteiger partial charge >= 0.3 is 0 Å². The third kappa shape index (κ3) is 5.10. The number of nitrogens with one attached hydrogen (secondary N) is 2. The summed E-state index contributed by atoms with van der Waals surface area (Å²) in [5.41, 5.74) is 5.59. The molecule has 7 nitrogen and oxygen atoms in total. The summed E-state index contributed by atoms with van der Waals surface area (Å²) >= 11 is 1.23. The number of rotatable bonds is 8. The summed E-state index contributed by atoms with van der Waals surface area (Å²) in [5, 5.41) is 2.22. The topological polar surface area (TPSA) is 105 Å². The first-order valence-corrected chi connectivity index (χ1v) is 7.58. The summed E-state index contributed by atoms with van der Waals surface area (Å²) in [7, 11) is 0. The second-order valence-corrected chi connectivity index (χ2v) is 5.82. The Morgan fingerprint density at radius 1 is 1.55 bits per heavy atom. The summed E-state index contributed by atoms with van der Waals surface area (Å²) in [6.45, 7) is 4.93. The Morgan fingerprint density at radius 2 is 2.25 bits per heavy atom. The Labute approximate surface area is 123 Å². The molecule has 1 heterocycles. The molecule has 0 spiro atoms. The number of hydrogen-bond acceptors (Lipinski definition) is 6. The number of nitrogens with zero attached hydrogens (tertiary/aromatic N) is 1. The van der Waals surface area contributed by atoms with Gasteiger partial charge in [0.05, 0.1) is 0 Å². The normalized spacial score (nSPS) is 20.4. The minimum absolute atomic E-state index is 0.0106. The first-order valence-electron chi connectivity index (χ1n) is 6.70. The van der Waals surface area contributed by atoms with Crippen LogP contribution in [-0.4, -0.2) is 53.5 Å². The molecule has 20 heavy (non-hydrogen) atoms. The van der Waals surface area contributed by atoms with E-state index in [9.17, 15) is 14.4 Å². The lowest BCUT2D eigenvalue weighted by atomic mass is 10.3. The summed E-state index contributed by atoms with van der Waals surface area (Å²) in [6.07, 6.45) is 0.320. The highest BCUT2D eigenvalue weighted by Crippen LogP contribution is 2.23. The lowest BCUT2D eigenvalue weighted by Crippen LogP contribution is -2.36. The van der Waals surface area contributed by atoms with Gasteiger partial charge in [-0.3, -0.25) is 24.0 Å². The standard InChI is InChI=1S/C12H22N4O3S/c1-3-14-10(17)4-5-16-11(18)6-9(12(16)19)20-15-7-8(2)13/h8-9,15H,3-7,13H2,1-2H3,(H,14,17). The minimum Gasteiger partial charge on any atom is -0.356 e. The van der Waals surface area contributed by atoms with E-state index in [2.05, 4.69) is 10.0 Å². The van der Waals surface area contributed by atoms with Gasteiger partial charge in [-0.1, -0.05) is 11.9 Å². The van der Waals surface area contributed by atoms with Crippen LogP contribution in [0.25, 0.3) is 0 Å². The quantitative estimate of drug-likeness (QED) is 0.401. The second kappa shape index (κ2) is 8.23. The van der Waals surface area contributed by atoms with Gasteiger partial charge in [0.2, 0.25) is 17.7 Å². The Bertz CT molecular complexity index is 376. The first kappa shape index (κ1) is 16.9. The molecule has 1 saturated heterocycles. The van der Waals surface area contributed by atoms with Gasteiger partial charge in [-0.05, 0) is 13.8 Å². The summed E-state index contributed by atoms with van der Waals surface area (Å²) < 4.78 is 3.00. The maximum Gasteiger partial charge on any atom is 0.244 e. The fourth-order valence-corrected chi connectivity index (χ4v) is 2.77. The van der Waals surface area contributed by atoms with Crippen LogP contribution >= 0.6 is 11.9 Å². The van der Waals surface area contributed by atoms with Crippen molar-refractivity contribution in [3.63, 3.8) is 0 Å². The highest BCUT2D eigenvalue weighted by molar-refractivity contribution is 7.98. The molecule has 0 aromatic carbocycles. The van der Waals surface area contributed by atoms with Crippen molar-refractivity contribution in [3.05, 3.63) is 0 Å². The van der Waals surface area contributed by atoms with Gasteiger partial charge in [0.15, 0.2) is 0 Å². The van der Waals surface area contributed by atoms with Gasteiger partial charge in [-0.15, -0.1) is 0 Å². The molecule has 0 aromatic heterocycles. The number of amides is 3. The fraction of sp³-hybridized carbons (Fsp3) is 0.750. The number of imide groups is 1. The Morgan fingerprint density at radius 3 is 2.85 bits per heavy atom. The van der Waals surface area contributed by atoms with Crippen LogP contribution in [0.2, 0.25) is 0 Å². The van der Waals surface area contributed by atoms with Crippen molar-refractivity contribution in [2.24, 2.45) is 5.73 Å². The first-order chi connectivity index (χ1) is 9.45. The summed E-state index contributed by atoms with van der Waals surface area (Å²) in [6, 6.07) is -0.0106. The van der Waals surface area contributed by atoms with Crippen molar-refractivity contribution in [2.75, 3.05) is 19.6 Å². The summed E-state index contributed by atoms with van der Waals surface area (Å²) in [4.78, 5) is 36.3. The second-order valence-electron chi connectivity index (χ2n) is 4.72. The highest BCUT2D eigenvalue weighted by Gasteiger charge is 2.38. The van der Waals surface area contributed by atoms with E-state index >= 15 is 0 Å². The molecule has 1 aliphatic rings. The van der Waals surface area contributed by atoms with Crippen LogP contribution in [0.5, 0.6) is 0 Å². The van der Waals surface area contributed by atoms with Crippen molar-refractivity contribution in [1.82, 2.24) is 14.9 Å². The van der Waals surface area contributed by atoms with Crippen LogP contribution in [-0.2, 0) is 14.4 Å². The van der Waals surface area contributed by atoms with Crippen LogP contribution in [0.3, 0.4) is 0 Å². The zero-order valence-electron chi connectivity index (χ0n) is 11.8. The lowest BCUT2D eigenvalue weighted by molar-refractivity contribution is -0.138. The SMILES string of the molecule is CCNC(=O)CCN1C(=O)CC(SNCC(C)N)C1=O. The Balaban J connectivity index is 2.40. The molecule has 2 atom stereocenters. The zero-order chi connectivity index (χ0) is 15.1. The van der Waals surface area contributed by atoms with Crippen LogP contribution in [0, 0.1) is 0 Å². The van der Waals surface area contributed by atoms with Crippen molar-refractivity contribution in [3.8, 4) is 0 Å².